The van der Waals surface area contributed by atoms with Gasteiger partial charge >= 0.3 is 0 Å². The van der Waals surface area contributed by atoms with E-state index in [-0.39, 0.29) is 0 Å². The smallest absolute Gasteiger partial charge is 0.0921 e. The first-order valence-electron chi connectivity index (χ1n) is 5.05. The van der Waals surface area contributed by atoms with Gasteiger partial charge in [0.15, 0.2) is 0 Å². The van der Waals surface area contributed by atoms with E-state index in [9.17, 15) is 0 Å². The standard InChI is InChI=1S/C10H17N3/c1-11-9-4-2-8(3-5-9)10-6-12-7-13-10/h6-9,11H,2-5H2,1H3,(H,12,13). The fourth-order valence-electron chi connectivity index (χ4n) is 2.18. The highest BCUT2D eigenvalue weighted by atomic mass is 14.9. The Balaban J connectivity index is 1.92. The van der Waals surface area contributed by atoms with E-state index in [1.165, 1.54) is 31.4 Å². The van der Waals surface area contributed by atoms with E-state index in [4.69, 9.17) is 0 Å². The number of aromatic nitrogens is 2. The van der Waals surface area contributed by atoms with E-state index in [1.54, 1.807) is 6.33 Å². The monoisotopic (exact) mass is 179 g/mol. The Morgan fingerprint density at radius 1 is 1.38 bits per heavy atom. The Bertz CT molecular complexity index is 235. The summed E-state index contributed by atoms with van der Waals surface area (Å²) in [5.41, 5.74) is 1.31. The van der Waals surface area contributed by atoms with Crippen LogP contribution in [-0.2, 0) is 0 Å². The van der Waals surface area contributed by atoms with Gasteiger partial charge in [0, 0.05) is 23.9 Å². The number of nitrogens with one attached hydrogen (secondary N) is 2. The van der Waals surface area contributed by atoms with Crippen LogP contribution in [0.3, 0.4) is 0 Å². The van der Waals surface area contributed by atoms with E-state index >= 15 is 0 Å². The Morgan fingerprint density at radius 2 is 2.15 bits per heavy atom. The highest BCUT2D eigenvalue weighted by Gasteiger charge is 2.21. The van der Waals surface area contributed by atoms with Crippen LogP contribution in [0.15, 0.2) is 12.5 Å². The maximum absolute atomic E-state index is 4.07. The SMILES string of the molecule is CNC1CCC(c2cnc[nH]2)CC1. The Labute approximate surface area is 79.0 Å². The number of H-pyrrole nitrogens is 1. The van der Waals surface area contributed by atoms with Crippen molar-refractivity contribution in [1.29, 1.82) is 0 Å². The summed E-state index contributed by atoms with van der Waals surface area (Å²) in [4.78, 5) is 7.27. The molecule has 1 aromatic heterocycles. The zero-order chi connectivity index (χ0) is 9.10. The lowest BCUT2D eigenvalue weighted by molar-refractivity contribution is 0.355. The van der Waals surface area contributed by atoms with Gasteiger partial charge in [-0.2, -0.15) is 0 Å². The lowest BCUT2D eigenvalue weighted by atomic mass is 9.84. The number of rotatable bonds is 2. The van der Waals surface area contributed by atoms with Crippen molar-refractivity contribution >= 4 is 0 Å². The Hall–Kier alpha value is -0.830. The van der Waals surface area contributed by atoms with Crippen molar-refractivity contribution in [1.82, 2.24) is 15.3 Å². The molecule has 0 aliphatic heterocycles. The molecule has 3 nitrogen and oxygen atoms in total. The molecular formula is C10H17N3. The first kappa shape index (κ1) is 8.75. The van der Waals surface area contributed by atoms with Crippen molar-refractivity contribution in [3.05, 3.63) is 18.2 Å². The summed E-state index contributed by atoms with van der Waals surface area (Å²) in [6, 6.07) is 0.735. The molecule has 72 valence electrons. The molecule has 1 aliphatic rings. The van der Waals surface area contributed by atoms with Crippen molar-refractivity contribution in [2.24, 2.45) is 0 Å². The molecular weight excluding hydrogens is 162 g/mol. The molecule has 0 atom stereocenters. The summed E-state index contributed by atoms with van der Waals surface area (Å²) < 4.78 is 0. The topological polar surface area (TPSA) is 40.7 Å². The zero-order valence-electron chi connectivity index (χ0n) is 8.09. The van der Waals surface area contributed by atoms with E-state index < -0.39 is 0 Å². The second kappa shape index (κ2) is 3.92. The summed E-state index contributed by atoms with van der Waals surface area (Å²) in [6.07, 6.45) is 8.89. The van der Waals surface area contributed by atoms with Crippen LogP contribution >= 0.6 is 0 Å². The highest BCUT2D eigenvalue weighted by molar-refractivity contribution is 5.05. The van der Waals surface area contributed by atoms with Gasteiger partial charge in [0.05, 0.1) is 6.33 Å². The first-order valence-corrected chi connectivity index (χ1v) is 5.05. The minimum atomic E-state index is 0.715. The molecule has 0 bridgehead atoms. The van der Waals surface area contributed by atoms with E-state index in [0.29, 0.717) is 5.92 Å². The summed E-state index contributed by atoms with van der Waals surface area (Å²) in [7, 11) is 2.06. The maximum atomic E-state index is 4.07. The predicted octanol–water partition coefficient (Wildman–Crippen LogP) is 1.66. The van der Waals surface area contributed by atoms with E-state index in [2.05, 4.69) is 22.3 Å². The molecule has 13 heavy (non-hydrogen) atoms. The van der Waals surface area contributed by atoms with Gasteiger partial charge in [-0.3, -0.25) is 0 Å². The Morgan fingerprint density at radius 3 is 2.69 bits per heavy atom. The van der Waals surface area contributed by atoms with E-state index in [0.717, 1.165) is 6.04 Å². The molecule has 0 amide bonds. The van der Waals surface area contributed by atoms with Gasteiger partial charge in [-0.1, -0.05) is 0 Å². The fraction of sp³-hybridized carbons (Fsp3) is 0.700. The lowest BCUT2D eigenvalue weighted by Crippen LogP contribution is -2.29. The maximum Gasteiger partial charge on any atom is 0.0921 e. The second-order valence-electron chi connectivity index (χ2n) is 3.84. The largest absolute Gasteiger partial charge is 0.348 e. The number of imidazole rings is 1. The third-order valence-electron chi connectivity index (χ3n) is 3.09. The van der Waals surface area contributed by atoms with Gasteiger partial charge in [0.2, 0.25) is 0 Å². The molecule has 0 spiro atoms. The van der Waals surface area contributed by atoms with Crippen LogP contribution in [0.1, 0.15) is 37.3 Å². The van der Waals surface area contributed by atoms with Gasteiger partial charge in [0.25, 0.3) is 0 Å². The van der Waals surface area contributed by atoms with Gasteiger partial charge in [0.1, 0.15) is 0 Å². The summed E-state index contributed by atoms with van der Waals surface area (Å²) >= 11 is 0. The fourth-order valence-corrected chi connectivity index (χ4v) is 2.18. The minimum Gasteiger partial charge on any atom is -0.348 e. The van der Waals surface area contributed by atoms with Crippen LogP contribution in [0.5, 0.6) is 0 Å². The molecule has 0 unspecified atom stereocenters. The van der Waals surface area contributed by atoms with Crippen molar-refractivity contribution in [3.63, 3.8) is 0 Å². The zero-order valence-corrected chi connectivity index (χ0v) is 8.09. The quantitative estimate of drug-likeness (QED) is 0.725. The van der Waals surface area contributed by atoms with E-state index in [1.807, 2.05) is 6.20 Å². The molecule has 1 aliphatic carbocycles. The van der Waals surface area contributed by atoms with Crippen LogP contribution < -0.4 is 5.32 Å². The van der Waals surface area contributed by atoms with Crippen LogP contribution in [-0.4, -0.2) is 23.1 Å². The lowest BCUT2D eigenvalue weighted by Gasteiger charge is -2.27. The Kier molecular flexibility index (Phi) is 2.64. The van der Waals surface area contributed by atoms with Crippen LogP contribution in [0.4, 0.5) is 0 Å². The molecule has 1 aromatic rings. The van der Waals surface area contributed by atoms with Crippen LogP contribution in [0.2, 0.25) is 0 Å². The molecule has 2 rings (SSSR count). The van der Waals surface area contributed by atoms with Crippen molar-refractivity contribution in [2.45, 2.75) is 37.6 Å². The summed E-state index contributed by atoms with van der Waals surface area (Å²) in [6.45, 7) is 0. The van der Waals surface area contributed by atoms with Crippen LogP contribution in [0, 0.1) is 0 Å². The molecule has 0 saturated heterocycles. The van der Waals surface area contributed by atoms with Crippen LogP contribution in [0.25, 0.3) is 0 Å². The molecule has 0 radical (unpaired) electrons. The molecule has 1 fully saturated rings. The van der Waals surface area contributed by atoms with Gasteiger partial charge < -0.3 is 10.3 Å². The van der Waals surface area contributed by atoms with Crippen molar-refractivity contribution in [2.75, 3.05) is 7.05 Å². The highest BCUT2D eigenvalue weighted by Crippen LogP contribution is 2.31. The van der Waals surface area contributed by atoms with Gasteiger partial charge in [-0.15, -0.1) is 0 Å². The molecule has 0 aromatic carbocycles. The normalized spacial score (nSPS) is 29.0. The van der Waals surface area contributed by atoms with Crippen molar-refractivity contribution in [3.8, 4) is 0 Å². The molecule has 1 saturated carbocycles. The molecule has 1 heterocycles. The molecule has 2 N–H and O–H groups in total. The number of nitrogens with zero attached hydrogens (tertiary/aromatic N) is 1. The van der Waals surface area contributed by atoms with Crippen molar-refractivity contribution < 1.29 is 0 Å². The summed E-state index contributed by atoms with van der Waals surface area (Å²) in [5, 5.41) is 3.34. The predicted molar refractivity (Wildman–Crippen MR) is 52.6 cm³/mol. The number of hydrogen-bond donors (Lipinski definition) is 2. The van der Waals surface area contributed by atoms with Gasteiger partial charge in [-0.25, -0.2) is 4.98 Å². The second-order valence-corrected chi connectivity index (χ2v) is 3.84. The third-order valence-corrected chi connectivity index (χ3v) is 3.09. The average Bonchev–Trinajstić information content (AvgIpc) is 2.71. The average molecular weight is 179 g/mol. The first-order chi connectivity index (χ1) is 6.40. The number of aromatic amines is 1. The minimum absolute atomic E-state index is 0.715. The van der Waals surface area contributed by atoms with Gasteiger partial charge in [-0.05, 0) is 32.7 Å². The third kappa shape index (κ3) is 1.91. The molecule has 3 heteroatoms. The number of hydrogen-bond acceptors (Lipinski definition) is 2. The summed E-state index contributed by atoms with van der Waals surface area (Å²) in [5.74, 6) is 0.715.